The van der Waals surface area contributed by atoms with Crippen LogP contribution in [0.15, 0.2) is 47.4 Å². The highest BCUT2D eigenvalue weighted by Crippen LogP contribution is 2.59. The molecule has 1 saturated heterocycles. The smallest absolute Gasteiger partial charge is 0.342 e. The fourth-order valence-electron chi connectivity index (χ4n) is 4.88. The minimum Gasteiger partial charge on any atom is -0.493 e. The molecule has 2 aliphatic rings. The van der Waals surface area contributed by atoms with Crippen LogP contribution in [-0.4, -0.2) is 56.2 Å². The second kappa shape index (κ2) is 11.4. The van der Waals surface area contributed by atoms with E-state index >= 15 is 0 Å². The van der Waals surface area contributed by atoms with Gasteiger partial charge in [0.2, 0.25) is 22.6 Å². The third kappa shape index (κ3) is 5.35. The third-order valence-corrected chi connectivity index (χ3v) is 8.29. The van der Waals surface area contributed by atoms with E-state index in [4.69, 9.17) is 33.2 Å². The second-order valence-corrected chi connectivity index (χ2v) is 10.8. The van der Waals surface area contributed by atoms with E-state index in [-0.39, 0.29) is 36.0 Å². The Labute approximate surface area is 236 Å². The van der Waals surface area contributed by atoms with Crippen molar-refractivity contribution < 1.29 is 50.8 Å². The van der Waals surface area contributed by atoms with Crippen LogP contribution < -0.4 is 28.4 Å². The first kappa shape index (κ1) is 28.5. The van der Waals surface area contributed by atoms with Crippen molar-refractivity contribution in [1.82, 2.24) is 4.72 Å². The summed E-state index contributed by atoms with van der Waals surface area (Å²) in [7, 11) is 1.74. The van der Waals surface area contributed by atoms with Crippen LogP contribution in [0.2, 0.25) is 0 Å². The number of hydrogen-bond donors (Lipinski definition) is 1. The maximum Gasteiger partial charge on any atom is 0.342 e. The lowest BCUT2D eigenvalue weighted by Gasteiger charge is -2.17. The number of nitrogens with one attached hydrogen (secondary N) is 1. The molecular weight excluding hydrogens is 561 g/mol. The molecule has 11 nitrogen and oxygen atoms in total. The van der Waals surface area contributed by atoms with Gasteiger partial charge in [0, 0.05) is 17.7 Å². The first-order chi connectivity index (χ1) is 19.7. The molecule has 41 heavy (non-hydrogen) atoms. The summed E-state index contributed by atoms with van der Waals surface area (Å²) in [6.45, 7) is -0.000430. The Balaban J connectivity index is 1.48. The second-order valence-electron chi connectivity index (χ2n) is 9.05. The van der Waals surface area contributed by atoms with Crippen LogP contribution in [0.1, 0.15) is 39.3 Å². The van der Waals surface area contributed by atoms with E-state index in [0.29, 0.717) is 39.7 Å². The molecule has 0 spiro atoms. The molecule has 3 aromatic rings. The van der Waals surface area contributed by atoms with Crippen molar-refractivity contribution >= 4 is 16.0 Å². The third-order valence-electron chi connectivity index (χ3n) is 6.81. The van der Waals surface area contributed by atoms with E-state index in [1.807, 2.05) is 0 Å². The highest BCUT2D eigenvalue weighted by Gasteiger charge is 2.48. The fraction of sp³-hybridized carbons (Fsp3) is 0.321. The van der Waals surface area contributed by atoms with Crippen LogP contribution in [0, 0.1) is 5.82 Å². The summed E-state index contributed by atoms with van der Waals surface area (Å²) in [6, 6.07) is 9.67. The van der Waals surface area contributed by atoms with Gasteiger partial charge in [0.1, 0.15) is 23.6 Å². The van der Waals surface area contributed by atoms with Crippen molar-refractivity contribution in [3.63, 3.8) is 0 Å². The van der Waals surface area contributed by atoms with Crippen LogP contribution in [0.5, 0.6) is 28.7 Å². The van der Waals surface area contributed by atoms with Crippen LogP contribution in [0.4, 0.5) is 4.39 Å². The predicted octanol–water partition coefficient (Wildman–Crippen LogP) is 3.70. The Morgan fingerprint density at radius 3 is 2.37 bits per heavy atom. The predicted molar refractivity (Wildman–Crippen MR) is 142 cm³/mol. The van der Waals surface area contributed by atoms with Crippen molar-refractivity contribution in [2.45, 2.75) is 23.5 Å². The van der Waals surface area contributed by atoms with Crippen molar-refractivity contribution in [1.29, 1.82) is 0 Å². The molecule has 0 bridgehead atoms. The first-order valence-electron chi connectivity index (χ1n) is 12.5. The molecule has 1 fully saturated rings. The zero-order valence-electron chi connectivity index (χ0n) is 22.7. The van der Waals surface area contributed by atoms with Gasteiger partial charge in [-0.1, -0.05) is 6.07 Å². The lowest BCUT2D eigenvalue weighted by Crippen LogP contribution is -2.26. The number of fused-ring (bicyclic) bond motifs is 1. The molecule has 5 rings (SSSR count). The lowest BCUT2D eigenvalue weighted by molar-refractivity contribution is 0.0594. The van der Waals surface area contributed by atoms with Gasteiger partial charge in [0.25, 0.3) is 0 Å². The van der Waals surface area contributed by atoms with Gasteiger partial charge < -0.3 is 33.2 Å². The number of hydrogen-bond acceptors (Lipinski definition) is 10. The van der Waals surface area contributed by atoms with Crippen molar-refractivity contribution in [2.75, 3.05) is 41.8 Å². The van der Waals surface area contributed by atoms with Gasteiger partial charge in [-0.15, -0.1) is 0 Å². The van der Waals surface area contributed by atoms with Gasteiger partial charge in [-0.05, 0) is 48.4 Å². The molecule has 0 amide bonds. The normalized spacial score (nSPS) is 17.2. The fourth-order valence-corrected chi connectivity index (χ4v) is 5.91. The molecule has 0 saturated carbocycles. The minimum atomic E-state index is -3.89. The lowest BCUT2D eigenvalue weighted by atomic mass is 9.93. The highest BCUT2D eigenvalue weighted by atomic mass is 32.2. The summed E-state index contributed by atoms with van der Waals surface area (Å²) < 4.78 is 80.3. The molecule has 13 heteroatoms. The highest BCUT2D eigenvalue weighted by molar-refractivity contribution is 7.89. The molecule has 0 unspecified atom stereocenters. The number of methoxy groups -OCH3 is 4. The van der Waals surface area contributed by atoms with E-state index in [0.717, 1.165) is 12.1 Å². The molecule has 0 radical (unpaired) electrons. The Morgan fingerprint density at radius 2 is 1.71 bits per heavy atom. The zero-order chi connectivity index (χ0) is 29.3. The van der Waals surface area contributed by atoms with E-state index in [2.05, 4.69) is 4.72 Å². The van der Waals surface area contributed by atoms with Crippen LogP contribution in [0.3, 0.4) is 0 Å². The monoisotopic (exact) mass is 589 g/mol. The standard InChI is InChI=1S/C28H28FNO10S/c1-34-19-10-9-18(22(24(19)35-2)28(31)37-4)23-27(40-23)21-15(13-20-25(26(21)36-3)39-14-38-20)11-12-30-41(32,33)17-7-5-16(29)6-8-17/h5-10,13,23,27,30H,11-12,14H2,1-4H3/t23-,27-/m1/s1. The van der Waals surface area contributed by atoms with E-state index in [1.54, 1.807) is 18.2 Å². The van der Waals surface area contributed by atoms with Crippen LogP contribution >= 0.6 is 0 Å². The molecule has 2 aliphatic heterocycles. The Hall–Kier alpha value is -4.07. The summed E-state index contributed by atoms with van der Waals surface area (Å²) in [5, 5.41) is 0. The summed E-state index contributed by atoms with van der Waals surface area (Å²) >= 11 is 0. The number of rotatable bonds is 11. The Morgan fingerprint density at radius 1 is 0.976 bits per heavy atom. The van der Waals surface area contributed by atoms with Gasteiger partial charge in [-0.2, -0.15) is 0 Å². The van der Waals surface area contributed by atoms with Crippen LogP contribution in [0.25, 0.3) is 0 Å². The average Bonchev–Trinajstić information content (AvgIpc) is 3.62. The average molecular weight is 590 g/mol. The number of benzene rings is 3. The van der Waals surface area contributed by atoms with Gasteiger partial charge in [0.05, 0.1) is 33.3 Å². The molecule has 2 atom stereocenters. The number of esters is 1. The Kier molecular flexibility index (Phi) is 7.93. The number of carbonyl (C=O) groups excluding carboxylic acids is 1. The summed E-state index contributed by atoms with van der Waals surface area (Å²) in [5.41, 5.74) is 1.98. The first-order valence-corrected chi connectivity index (χ1v) is 14.0. The molecule has 0 aromatic heterocycles. The molecular formula is C28H28FNO10S. The Bertz CT molecular complexity index is 1580. The number of carbonyl (C=O) groups is 1. The van der Waals surface area contributed by atoms with Gasteiger partial charge in [-0.3, -0.25) is 0 Å². The largest absolute Gasteiger partial charge is 0.493 e. The molecule has 0 aliphatic carbocycles. The maximum atomic E-state index is 13.3. The number of ether oxygens (including phenoxy) is 7. The summed E-state index contributed by atoms with van der Waals surface area (Å²) in [6.07, 6.45) is -0.942. The molecule has 1 N–H and O–H groups in total. The van der Waals surface area contributed by atoms with E-state index in [1.165, 1.54) is 40.6 Å². The molecule has 218 valence electrons. The topological polar surface area (TPSA) is 131 Å². The van der Waals surface area contributed by atoms with Crippen molar-refractivity contribution in [2.24, 2.45) is 0 Å². The number of sulfonamides is 1. The van der Waals surface area contributed by atoms with Gasteiger partial charge >= 0.3 is 5.97 Å². The zero-order valence-corrected chi connectivity index (χ0v) is 23.5. The summed E-state index contributed by atoms with van der Waals surface area (Å²) in [5.74, 6) is 0.614. The quantitative estimate of drug-likeness (QED) is 0.261. The van der Waals surface area contributed by atoms with Crippen molar-refractivity contribution in [3.05, 3.63) is 70.5 Å². The maximum absolute atomic E-state index is 13.3. The molecule has 3 aromatic carbocycles. The van der Waals surface area contributed by atoms with Crippen LogP contribution in [-0.2, 0) is 25.9 Å². The van der Waals surface area contributed by atoms with Gasteiger partial charge in [-0.25, -0.2) is 22.3 Å². The number of epoxide rings is 1. The summed E-state index contributed by atoms with van der Waals surface area (Å²) in [4.78, 5) is 12.8. The van der Waals surface area contributed by atoms with E-state index in [9.17, 15) is 17.6 Å². The number of halogens is 1. The van der Waals surface area contributed by atoms with E-state index < -0.39 is 34.0 Å². The molecule has 2 heterocycles. The van der Waals surface area contributed by atoms with Crippen molar-refractivity contribution in [3.8, 4) is 28.7 Å². The SMILES string of the molecule is COC(=O)c1c([C@H]2O[C@@H]2c2c(CCNS(=O)(=O)c3ccc(F)cc3)cc3c(c2OC)OCO3)ccc(OC)c1OC. The minimum absolute atomic E-state index is 0.0106. The van der Waals surface area contributed by atoms with Gasteiger partial charge in [0.15, 0.2) is 23.0 Å².